The van der Waals surface area contributed by atoms with E-state index in [1.54, 1.807) is 28.0 Å². The number of para-hydroxylation sites is 1. The Kier molecular flexibility index (Phi) is 5.55. The lowest BCUT2D eigenvalue weighted by atomic mass is 10.2. The first-order valence-electron chi connectivity index (χ1n) is 7.52. The molecule has 0 bridgehead atoms. The number of thioether (sulfide) groups is 1. The van der Waals surface area contributed by atoms with Gasteiger partial charge in [0.05, 0.1) is 18.8 Å². The van der Waals surface area contributed by atoms with Gasteiger partial charge in [-0.25, -0.2) is 0 Å². The molecule has 1 aliphatic heterocycles. The second-order valence-electron chi connectivity index (χ2n) is 5.32. The Morgan fingerprint density at radius 1 is 1.38 bits per heavy atom. The number of nitrogens with one attached hydrogen (secondary N) is 1. The number of morpholine rings is 1. The van der Waals surface area contributed by atoms with Crippen molar-refractivity contribution in [2.75, 3.05) is 24.8 Å². The number of carbonyl (C=O) groups is 2. The number of amides is 2. The van der Waals surface area contributed by atoms with Gasteiger partial charge in [-0.1, -0.05) is 18.2 Å². The van der Waals surface area contributed by atoms with E-state index in [0.717, 1.165) is 15.5 Å². The van der Waals surface area contributed by atoms with Gasteiger partial charge in [-0.2, -0.15) is 0 Å². The van der Waals surface area contributed by atoms with Crippen LogP contribution in [0.3, 0.4) is 0 Å². The van der Waals surface area contributed by atoms with Crippen molar-refractivity contribution < 1.29 is 14.3 Å². The Balaban J connectivity index is 1.76. The van der Waals surface area contributed by atoms with E-state index in [1.807, 2.05) is 48.0 Å². The number of nitrogens with zero attached hydrogens (tertiary/aromatic N) is 1. The molecule has 0 spiro atoms. The minimum Gasteiger partial charge on any atom is -0.369 e. The van der Waals surface area contributed by atoms with Crippen molar-refractivity contribution >= 4 is 40.6 Å². The highest BCUT2D eigenvalue weighted by Gasteiger charge is 2.34. The molecule has 24 heavy (non-hydrogen) atoms. The first-order valence-corrected chi connectivity index (χ1v) is 9.63. The quantitative estimate of drug-likeness (QED) is 0.831. The monoisotopic (exact) mass is 362 g/mol. The van der Waals surface area contributed by atoms with Gasteiger partial charge in [0.15, 0.2) is 0 Å². The van der Waals surface area contributed by atoms with Crippen molar-refractivity contribution in [3.05, 3.63) is 46.7 Å². The molecule has 1 aromatic carbocycles. The van der Waals surface area contributed by atoms with E-state index in [1.165, 1.54) is 0 Å². The second-order valence-corrected chi connectivity index (χ2v) is 7.20. The summed E-state index contributed by atoms with van der Waals surface area (Å²) in [6.07, 6.45) is 1.96. The molecule has 0 aliphatic carbocycles. The number of thiophene rings is 1. The van der Waals surface area contributed by atoms with Crippen molar-refractivity contribution in [1.82, 2.24) is 4.90 Å². The molecule has 1 aromatic heterocycles. The summed E-state index contributed by atoms with van der Waals surface area (Å²) in [6.45, 7) is 0.670. The van der Waals surface area contributed by atoms with Gasteiger partial charge < -0.3 is 15.0 Å². The lowest BCUT2D eigenvalue weighted by molar-refractivity contribution is -0.153. The number of hydrogen-bond donors (Lipinski definition) is 1. The fourth-order valence-corrected chi connectivity index (χ4v) is 3.81. The van der Waals surface area contributed by atoms with Gasteiger partial charge in [0.2, 0.25) is 11.8 Å². The van der Waals surface area contributed by atoms with Crippen LogP contribution < -0.4 is 5.32 Å². The van der Waals surface area contributed by atoms with Crippen LogP contribution in [0.1, 0.15) is 4.88 Å². The molecule has 2 heterocycles. The fraction of sp³-hybridized carbons (Fsp3) is 0.294. The molecule has 1 N–H and O–H groups in total. The normalized spacial score (nSPS) is 17.8. The largest absolute Gasteiger partial charge is 0.369 e. The zero-order chi connectivity index (χ0) is 16.9. The number of hydrogen-bond acceptors (Lipinski definition) is 5. The maximum Gasteiger partial charge on any atom is 0.249 e. The number of benzene rings is 1. The maximum atomic E-state index is 12.7. The maximum absolute atomic E-state index is 12.7. The average molecular weight is 362 g/mol. The SMILES string of the molecule is CSc1ccccc1NC(=O)[C@H]1COCC(=O)N1Cc1cccs1. The molecule has 5 nitrogen and oxygen atoms in total. The van der Waals surface area contributed by atoms with Crippen LogP contribution in [-0.2, 0) is 20.9 Å². The van der Waals surface area contributed by atoms with Crippen LogP contribution in [0.5, 0.6) is 0 Å². The van der Waals surface area contributed by atoms with Gasteiger partial charge in [0.25, 0.3) is 0 Å². The van der Waals surface area contributed by atoms with E-state index >= 15 is 0 Å². The summed E-state index contributed by atoms with van der Waals surface area (Å²) in [4.78, 5) is 28.6. The van der Waals surface area contributed by atoms with E-state index < -0.39 is 6.04 Å². The zero-order valence-corrected chi connectivity index (χ0v) is 14.9. The van der Waals surface area contributed by atoms with E-state index in [-0.39, 0.29) is 25.0 Å². The van der Waals surface area contributed by atoms with Gasteiger partial charge >= 0.3 is 0 Å². The van der Waals surface area contributed by atoms with Crippen LogP contribution in [0.25, 0.3) is 0 Å². The average Bonchev–Trinajstić information content (AvgIpc) is 3.10. The smallest absolute Gasteiger partial charge is 0.249 e. The van der Waals surface area contributed by atoms with Crippen molar-refractivity contribution in [3.63, 3.8) is 0 Å². The van der Waals surface area contributed by atoms with Crippen LogP contribution in [0.4, 0.5) is 5.69 Å². The first kappa shape index (κ1) is 17.0. The predicted octanol–water partition coefficient (Wildman–Crippen LogP) is 2.84. The van der Waals surface area contributed by atoms with Gasteiger partial charge in [-0.3, -0.25) is 9.59 Å². The number of ether oxygens (including phenoxy) is 1. The molecule has 1 atom stereocenters. The first-order chi connectivity index (χ1) is 11.7. The van der Waals surface area contributed by atoms with Crippen LogP contribution >= 0.6 is 23.1 Å². The standard InChI is InChI=1S/C17H18N2O3S2/c1-23-15-7-3-2-6-13(15)18-17(21)14-10-22-11-16(20)19(14)9-12-5-4-8-24-12/h2-8,14H,9-11H2,1H3,(H,18,21)/t14-/m1/s1. The molecule has 0 saturated carbocycles. The Labute approximate surface area is 149 Å². The number of rotatable bonds is 5. The van der Waals surface area contributed by atoms with E-state index in [0.29, 0.717) is 6.54 Å². The van der Waals surface area contributed by atoms with E-state index in [4.69, 9.17) is 4.74 Å². The predicted molar refractivity (Wildman–Crippen MR) is 96.3 cm³/mol. The van der Waals surface area contributed by atoms with E-state index in [9.17, 15) is 9.59 Å². The Bertz CT molecular complexity index is 718. The third-order valence-corrected chi connectivity index (χ3v) is 5.43. The molecule has 2 amide bonds. The summed E-state index contributed by atoms with van der Waals surface area (Å²) in [5.74, 6) is -0.381. The fourth-order valence-electron chi connectivity index (χ4n) is 2.55. The van der Waals surface area contributed by atoms with Crippen LogP contribution in [0.2, 0.25) is 0 Å². The zero-order valence-electron chi connectivity index (χ0n) is 13.2. The Morgan fingerprint density at radius 2 is 2.21 bits per heavy atom. The van der Waals surface area contributed by atoms with Gasteiger partial charge in [-0.15, -0.1) is 23.1 Å². The molecule has 126 valence electrons. The van der Waals surface area contributed by atoms with Crippen molar-refractivity contribution in [3.8, 4) is 0 Å². The molecule has 7 heteroatoms. The lowest BCUT2D eigenvalue weighted by Gasteiger charge is -2.34. The van der Waals surface area contributed by atoms with Crippen molar-refractivity contribution in [2.24, 2.45) is 0 Å². The van der Waals surface area contributed by atoms with Crippen molar-refractivity contribution in [1.29, 1.82) is 0 Å². The lowest BCUT2D eigenvalue weighted by Crippen LogP contribution is -2.54. The topological polar surface area (TPSA) is 58.6 Å². The van der Waals surface area contributed by atoms with Gasteiger partial charge in [-0.05, 0) is 29.8 Å². The van der Waals surface area contributed by atoms with Crippen LogP contribution in [0, 0.1) is 0 Å². The number of carbonyl (C=O) groups excluding carboxylic acids is 2. The highest BCUT2D eigenvalue weighted by atomic mass is 32.2. The summed E-state index contributed by atoms with van der Waals surface area (Å²) in [5.41, 5.74) is 0.754. The molecule has 0 radical (unpaired) electrons. The Hall–Kier alpha value is -1.83. The molecular formula is C17H18N2O3S2. The number of anilines is 1. The molecule has 1 aliphatic rings. The minimum absolute atomic E-state index is 0.0244. The third-order valence-electron chi connectivity index (χ3n) is 3.77. The summed E-state index contributed by atoms with van der Waals surface area (Å²) in [5, 5.41) is 4.89. The molecule has 1 saturated heterocycles. The summed E-state index contributed by atoms with van der Waals surface area (Å²) < 4.78 is 5.31. The van der Waals surface area contributed by atoms with E-state index in [2.05, 4.69) is 5.32 Å². The summed E-state index contributed by atoms with van der Waals surface area (Å²) in [7, 11) is 0. The summed E-state index contributed by atoms with van der Waals surface area (Å²) >= 11 is 3.14. The highest BCUT2D eigenvalue weighted by Crippen LogP contribution is 2.25. The van der Waals surface area contributed by atoms with Crippen molar-refractivity contribution in [2.45, 2.75) is 17.5 Å². The molecular weight excluding hydrogens is 344 g/mol. The Morgan fingerprint density at radius 3 is 2.96 bits per heavy atom. The van der Waals surface area contributed by atoms with Crippen LogP contribution in [0.15, 0.2) is 46.7 Å². The molecule has 0 unspecified atom stereocenters. The van der Waals surface area contributed by atoms with Gasteiger partial charge in [0, 0.05) is 9.77 Å². The highest BCUT2D eigenvalue weighted by molar-refractivity contribution is 7.98. The summed E-state index contributed by atoms with van der Waals surface area (Å²) in [6, 6.07) is 10.9. The molecule has 3 rings (SSSR count). The molecule has 1 fully saturated rings. The van der Waals surface area contributed by atoms with Crippen LogP contribution in [-0.4, -0.2) is 42.2 Å². The molecule has 2 aromatic rings. The minimum atomic E-state index is -0.622. The second kappa shape index (κ2) is 7.83. The van der Waals surface area contributed by atoms with Gasteiger partial charge in [0.1, 0.15) is 12.6 Å². The third kappa shape index (κ3) is 3.80.